The molecule has 2 amide bonds. The van der Waals surface area contributed by atoms with E-state index in [1.807, 2.05) is 31.2 Å². The van der Waals surface area contributed by atoms with Crippen LogP contribution in [0, 0.1) is 5.82 Å². The van der Waals surface area contributed by atoms with E-state index < -0.39 is 0 Å². The smallest absolute Gasteiger partial charge is 0.268 e. The van der Waals surface area contributed by atoms with Crippen LogP contribution >= 0.6 is 0 Å². The van der Waals surface area contributed by atoms with Gasteiger partial charge in [-0.3, -0.25) is 9.59 Å². The molecule has 1 aromatic heterocycles. The molecule has 1 heterocycles. The zero-order chi connectivity index (χ0) is 18.5. The number of fused-ring (bicyclic) bond motifs is 1. The minimum absolute atomic E-state index is 0.103. The van der Waals surface area contributed by atoms with Crippen LogP contribution in [0.15, 0.2) is 54.6 Å². The Kier molecular flexibility index (Phi) is 5.31. The Bertz CT molecular complexity index is 949. The van der Waals surface area contributed by atoms with E-state index >= 15 is 0 Å². The zero-order valence-corrected chi connectivity index (χ0v) is 14.5. The number of nitrogens with zero attached hydrogens (tertiary/aromatic N) is 1. The van der Waals surface area contributed by atoms with Crippen LogP contribution in [-0.2, 0) is 11.3 Å². The topological polar surface area (TPSA) is 63.1 Å². The lowest BCUT2D eigenvalue weighted by molar-refractivity contribution is -0.120. The number of carbonyl (C=O) groups is 2. The first kappa shape index (κ1) is 17.7. The van der Waals surface area contributed by atoms with Crippen LogP contribution in [0.25, 0.3) is 10.9 Å². The number of benzene rings is 2. The van der Waals surface area contributed by atoms with Crippen molar-refractivity contribution in [1.29, 1.82) is 0 Å². The van der Waals surface area contributed by atoms with Gasteiger partial charge in [0.25, 0.3) is 5.91 Å². The van der Waals surface area contributed by atoms with Crippen molar-refractivity contribution in [3.8, 4) is 0 Å². The van der Waals surface area contributed by atoms with E-state index in [9.17, 15) is 14.0 Å². The molecule has 3 aromatic rings. The summed E-state index contributed by atoms with van der Waals surface area (Å²) in [6.07, 6.45) is 0. The van der Waals surface area contributed by atoms with Crippen molar-refractivity contribution >= 4 is 22.7 Å². The molecule has 26 heavy (non-hydrogen) atoms. The zero-order valence-electron chi connectivity index (χ0n) is 14.5. The molecule has 134 valence electrons. The van der Waals surface area contributed by atoms with Crippen LogP contribution < -0.4 is 10.6 Å². The highest BCUT2D eigenvalue weighted by molar-refractivity contribution is 6.00. The lowest BCUT2D eigenvalue weighted by Crippen LogP contribution is -2.37. The SMILES string of the molecule is CCNC(=O)CNC(=O)c1cc2ccccc2n1Cc1ccccc1F. The van der Waals surface area contributed by atoms with Crippen molar-refractivity contribution < 1.29 is 14.0 Å². The lowest BCUT2D eigenvalue weighted by Gasteiger charge is -2.12. The van der Waals surface area contributed by atoms with Gasteiger partial charge in [0.2, 0.25) is 5.91 Å². The summed E-state index contributed by atoms with van der Waals surface area (Å²) in [5, 5.41) is 6.13. The first-order valence-electron chi connectivity index (χ1n) is 8.46. The summed E-state index contributed by atoms with van der Waals surface area (Å²) in [5.41, 5.74) is 1.71. The molecule has 3 rings (SSSR count). The maximum absolute atomic E-state index is 14.1. The number of hydrogen-bond acceptors (Lipinski definition) is 2. The average Bonchev–Trinajstić information content (AvgIpc) is 3.01. The normalized spacial score (nSPS) is 10.7. The third-order valence-electron chi connectivity index (χ3n) is 4.11. The van der Waals surface area contributed by atoms with Gasteiger partial charge in [-0.05, 0) is 25.1 Å². The molecule has 0 atom stereocenters. The van der Waals surface area contributed by atoms with Crippen LogP contribution in [0.4, 0.5) is 4.39 Å². The molecule has 0 bridgehead atoms. The Labute approximate surface area is 150 Å². The van der Waals surface area contributed by atoms with E-state index in [0.29, 0.717) is 17.8 Å². The van der Waals surface area contributed by atoms with Gasteiger partial charge in [-0.25, -0.2) is 4.39 Å². The standard InChI is InChI=1S/C20H20FN3O2/c1-2-22-19(25)12-23-20(26)18-11-14-7-4-6-10-17(14)24(18)13-15-8-3-5-9-16(15)21/h3-11H,2,12-13H2,1H3,(H,22,25)(H,23,26). The molecular weight excluding hydrogens is 333 g/mol. The molecular formula is C20H20FN3O2. The maximum atomic E-state index is 14.1. The number of carbonyl (C=O) groups excluding carboxylic acids is 2. The van der Waals surface area contributed by atoms with E-state index in [0.717, 1.165) is 10.9 Å². The van der Waals surface area contributed by atoms with Gasteiger partial charge in [-0.2, -0.15) is 0 Å². The lowest BCUT2D eigenvalue weighted by atomic mass is 10.2. The van der Waals surface area contributed by atoms with Crippen molar-refractivity contribution in [2.75, 3.05) is 13.1 Å². The monoisotopic (exact) mass is 353 g/mol. The highest BCUT2D eigenvalue weighted by Crippen LogP contribution is 2.22. The van der Waals surface area contributed by atoms with Gasteiger partial charge in [0.05, 0.1) is 13.1 Å². The fourth-order valence-corrected chi connectivity index (χ4v) is 2.88. The van der Waals surface area contributed by atoms with Crippen LogP contribution in [0.2, 0.25) is 0 Å². The fraction of sp³-hybridized carbons (Fsp3) is 0.200. The van der Waals surface area contributed by atoms with Crippen molar-refractivity contribution in [2.45, 2.75) is 13.5 Å². The molecule has 0 saturated carbocycles. The predicted octanol–water partition coefficient (Wildman–Crippen LogP) is 2.69. The van der Waals surface area contributed by atoms with Crippen LogP contribution in [0.5, 0.6) is 0 Å². The Balaban J connectivity index is 1.93. The van der Waals surface area contributed by atoms with Gasteiger partial charge in [-0.15, -0.1) is 0 Å². The summed E-state index contributed by atoms with van der Waals surface area (Å²) >= 11 is 0. The molecule has 0 radical (unpaired) electrons. The minimum atomic E-state index is -0.371. The third-order valence-corrected chi connectivity index (χ3v) is 4.11. The van der Waals surface area contributed by atoms with Crippen molar-refractivity contribution in [2.24, 2.45) is 0 Å². The van der Waals surface area contributed by atoms with E-state index in [1.165, 1.54) is 6.07 Å². The highest BCUT2D eigenvalue weighted by atomic mass is 19.1. The highest BCUT2D eigenvalue weighted by Gasteiger charge is 2.17. The van der Waals surface area contributed by atoms with Crippen molar-refractivity contribution in [1.82, 2.24) is 15.2 Å². The van der Waals surface area contributed by atoms with E-state index in [2.05, 4.69) is 10.6 Å². The number of nitrogens with one attached hydrogen (secondary N) is 2. The van der Waals surface area contributed by atoms with E-state index in [4.69, 9.17) is 0 Å². The number of para-hydroxylation sites is 1. The second kappa shape index (κ2) is 7.82. The summed E-state index contributed by atoms with van der Waals surface area (Å²) < 4.78 is 15.9. The summed E-state index contributed by atoms with van der Waals surface area (Å²) in [5.74, 6) is -0.944. The first-order chi connectivity index (χ1) is 12.6. The van der Waals surface area contributed by atoms with Crippen LogP contribution in [0.3, 0.4) is 0 Å². The summed E-state index contributed by atoms with van der Waals surface area (Å²) in [6, 6.07) is 15.8. The van der Waals surface area contributed by atoms with Gasteiger partial charge >= 0.3 is 0 Å². The Hall–Kier alpha value is -3.15. The number of likely N-dealkylation sites (N-methyl/N-ethyl adjacent to an activating group) is 1. The van der Waals surface area contributed by atoms with Crippen molar-refractivity contribution in [3.05, 3.63) is 71.7 Å². The molecule has 0 aliphatic rings. The number of halogens is 1. The summed E-state index contributed by atoms with van der Waals surface area (Å²) in [6.45, 7) is 2.44. The Morgan fingerprint density at radius 1 is 1.04 bits per heavy atom. The summed E-state index contributed by atoms with van der Waals surface area (Å²) in [4.78, 5) is 24.2. The van der Waals surface area contributed by atoms with Gasteiger partial charge < -0.3 is 15.2 Å². The molecule has 0 aliphatic heterocycles. The molecule has 2 N–H and O–H groups in total. The van der Waals surface area contributed by atoms with Crippen LogP contribution in [-0.4, -0.2) is 29.5 Å². The third kappa shape index (κ3) is 3.74. The molecule has 0 saturated heterocycles. The average molecular weight is 353 g/mol. The van der Waals surface area contributed by atoms with Gasteiger partial charge in [0, 0.05) is 23.0 Å². The number of hydrogen-bond donors (Lipinski definition) is 2. The maximum Gasteiger partial charge on any atom is 0.268 e. The number of amides is 2. The molecule has 0 spiro atoms. The largest absolute Gasteiger partial charge is 0.355 e. The molecule has 0 aliphatic carbocycles. The first-order valence-corrected chi connectivity index (χ1v) is 8.46. The summed E-state index contributed by atoms with van der Waals surface area (Å²) in [7, 11) is 0. The van der Waals surface area contributed by atoms with Gasteiger partial charge in [-0.1, -0.05) is 36.4 Å². The molecule has 5 nitrogen and oxygen atoms in total. The molecule has 6 heteroatoms. The Morgan fingerprint density at radius 3 is 2.54 bits per heavy atom. The second-order valence-corrected chi connectivity index (χ2v) is 5.90. The second-order valence-electron chi connectivity index (χ2n) is 5.90. The Morgan fingerprint density at radius 2 is 1.77 bits per heavy atom. The molecule has 0 unspecified atom stereocenters. The number of aromatic nitrogens is 1. The number of rotatable bonds is 6. The van der Waals surface area contributed by atoms with Crippen molar-refractivity contribution in [3.63, 3.8) is 0 Å². The molecule has 0 fully saturated rings. The van der Waals surface area contributed by atoms with Gasteiger partial charge in [0.1, 0.15) is 11.5 Å². The van der Waals surface area contributed by atoms with Gasteiger partial charge in [0.15, 0.2) is 0 Å². The minimum Gasteiger partial charge on any atom is -0.355 e. The fourth-order valence-electron chi connectivity index (χ4n) is 2.88. The molecule has 2 aromatic carbocycles. The quantitative estimate of drug-likeness (QED) is 0.716. The van der Waals surface area contributed by atoms with Crippen LogP contribution in [0.1, 0.15) is 23.0 Å². The van der Waals surface area contributed by atoms with E-state index in [1.54, 1.807) is 28.8 Å². The predicted molar refractivity (Wildman–Crippen MR) is 98.5 cm³/mol. The van der Waals surface area contributed by atoms with E-state index in [-0.39, 0.29) is 30.7 Å².